The van der Waals surface area contributed by atoms with E-state index < -0.39 is 0 Å². The van der Waals surface area contributed by atoms with Gasteiger partial charge in [0.15, 0.2) is 0 Å². The molecule has 0 heterocycles. The van der Waals surface area contributed by atoms with Crippen molar-refractivity contribution in [3.05, 3.63) is 58.7 Å². The normalized spacial score (nSPS) is 8.21. The molecule has 0 aliphatic rings. The molecule has 0 amide bonds. The third-order valence-corrected chi connectivity index (χ3v) is 2.76. The number of aryl methyl sites for hydroxylation is 4. The number of rotatable bonds is 2. The maximum Gasteiger partial charge on any atom is 4.00 e. The molecule has 3 heteroatoms. The van der Waals surface area contributed by atoms with E-state index in [-0.39, 0.29) is 51.0 Å². The number of hydrogen-bond acceptors (Lipinski definition) is 0. The first kappa shape index (κ1) is 24.2. The van der Waals surface area contributed by atoms with Crippen molar-refractivity contribution in [3.8, 4) is 0 Å². The summed E-state index contributed by atoms with van der Waals surface area (Å²) in [4.78, 5) is 0. The Balaban J connectivity index is -0.000000237. The van der Waals surface area contributed by atoms with Crippen molar-refractivity contribution < 1.29 is 51.0 Å². The van der Waals surface area contributed by atoms with Gasteiger partial charge in [-0.05, 0) is 0 Å². The minimum absolute atomic E-state index is 0. The molecule has 0 radical (unpaired) electrons. The van der Waals surface area contributed by atoms with Gasteiger partial charge in [-0.25, -0.2) is 17.7 Å². The first-order chi connectivity index (χ1) is 7.65. The second kappa shape index (κ2) is 13.2. The smallest absolute Gasteiger partial charge is 1.00 e. The maximum atomic E-state index is 2.28. The molecule has 19 heavy (non-hydrogen) atoms. The molecular weight excluding hydrogens is 354 g/mol. The molecule has 0 saturated heterocycles. The molecule has 0 fully saturated rings. The summed E-state index contributed by atoms with van der Waals surface area (Å²) in [6, 6.07) is 13.1. The molecular formula is C16H22Cl2Zr. The van der Waals surface area contributed by atoms with Crippen LogP contribution in [0.25, 0.3) is 0 Å². The summed E-state index contributed by atoms with van der Waals surface area (Å²) in [6.07, 6.45) is 2.33. The van der Waals surface area contributed by atoms with Crippen LogP contribution in [0.15, 0.2) is 36.4 Å². The third kappa shape index (κ3) is 9.66. The van der Waals surface area contributed by atoms with Gasteiger partial charge in [0.05, 0.1) is 0 Å². The van der Waals surface area contributed by atoms with Gasteiger partial charge < -0.3 is 24.8 Å². The summed E-state index contributed by atoms with van der Waals surface area (Å²) in [5, 5.41) is 0. The van der Waals surface area contributed by atoms with Crippen molar-refractivity contribution in [3.63, 3.8) is 0 Å². The summed E-state index contributed by atoms with van der Waals surface area (Å²) in [7, 11) is 0. The van der Waals surface area contributed by atoms with E-state index >= 15 is 0 Å². The van der Waals surface area contributed by atoms with Crippen LogP contribution in [0.1, 0.15) is 36.1 Å². The molecule has 104 valence electrons. The summed E-state index contributed by atoms with van der Waals surface area (Å²) in [5.41, 5.74) is 5.65. The van der Waals surface area contributed by atoms with Crippen molar-refractivity contribution in [1.29, 1.82) is 0 Å². The van der Waals surface area contributed by atoms with E-state index in [0.717, 1.165) is 0 Å². The first-order valence-corrected chi connectivity index (χ1v) is 6.10. The van der Waals surface area contributed by atoms with Crippen LogP contribution in [0, 0.1) is 13.8 Å². The van der Waals surface area contributed by atoms with Gasteiger partial charge in [-0.1, -0.05) is 40.5 Å². The van der Waals surface area contributed by atoms with E-state index in [1.54, 1.807) is 0 Å². The molecule has 0 unspecified atom stereocenters. The molecule has 0 N–H and O–H groups in total. The molecule has 0 saturated carbocycles. The van der Waals surface area contributed by atoms with Crippen LogP contribution in [0.5, 0.6) is 0 Å². The molecule has 2 aromatic carbocycles. The predicted octanol–water partition coefficient (Wildman–Crippen LogP) is -1.44. The van der Waals surface area contributed by atoms with Gasteiger partial charge >= 0.3 is 26.2 Å². The maximum absolute atomic E-state index is 2.28. The molecule has 2 aromatic rings. The zero-order chi connectivity index (χ0) is 12.0. The largest absolute Gasteiger partial charge is 4.00 e. The molecule has 2 rings (SSSR count). The second-order valence-electron chi connectivity index (χ2n) is 4.30. The van der Waals surface area contributed by atoms with Crippen LogP contribution in [0.4, 0.5) is 0 Å². The van der Waals surface area contributed by atoms with Crippen molar-refractivity contribution in [2.75, 3.05) is 0 Å². The molecule has 0 bridgehead atoms. The Morgan fingerprint density at radius 3 is 1.84 bits per heavy atom. The predicted molar refractivity (Wildman–Crippen MR) is 72.3 cm³/mol. The van der Waals surface area contributed by atoms with Gasteiger partial charge in [0.1, 0.15) is 0 Å². The molecule has 0 aliphatic heterocycles. The first-order valence-electron chi connectivity index (χ1n) is 6.10. The Kier molecular flexibility index (Phi) is 16.8. The van der Waals surface area contributed by atoms with Gasteiger partial charge in [-0.2, -0.15) is 41.0 Å². The SMILES string of the molecule is CCc1cc[c-](CC)c1.Cc1cc[c-](C)c1.[Cl-].[Cl-].[Zr+4]. The Labute approximate surface area is 149 Å². The quantitative estimate of drug-likeness (QED) is 0.564. The van der Waals surface area contributed by atoms with Crippen LogP contribution >= 0.6 is 0 Å². The Morgan fingerprint density at radius 2 is 1.63 bits per heavy atom. The van der Waals surface area contributed by atoms with Crippen LogP contribution in [0.2, 0.25) is 0 Å². The van der Waals surface area contributed by atoms with Crippen molar-refractivity contribution >= 4 is 0 Å². The zero-order valence-electron chi connectivity index (χ0n) is 12.1. The van der Waals surface area contributed by atoms with E-state index in [1.165, 1.54) is 35.1 Å². The van der Waals surface area contributed by atoms with Crippen LogP contribution in [-0.2, 0) is 39.0 Å². The second-order valence-corrected chi connectivity index (χ2v) is 4.30. The van der Waals surface area contributed by atoms with Crippen molar-refractivity contribution in [2.45, 2.75) is 40.5 Å². The molecule has 0 aliphatic carbocycles. The number of halogens is 2. The third-order valence-electron chi connectivity index (χ3n) is 2.76. The summed E-state index contributed by atoms with van der Waals surface area (Å²) >= 11 is 0. The fourth-order valence-electron chi connectivity index (χ4n) is 1.71. The number of hydrogen-bond donors (Lipinski definition) is 0. The van der Waals surface area contributed by atoms with Crippen LogP contribution < -0.4 is 24.8 Å². The minimum atomic E-state index is 0. The van der Waals surface area contributed by atoms with Crippen LogP contribution in [-0.4, -0.2) is 0 Å². The summed E-state index contributed by atoms with van der Waals surface area (Å²) in [5.74, 6) is 0. The molecule has 0 aromatic heterocycles. The van der Waals surface area contributed by atoms with E-state index in [4.69, 9.17) is 0 Å². The minimum Gasteiger partial charge on any atom is -1.00 e. The van der Waals surface area contributed by atoms with Crippen molar-refractivity contribution in [1.82, 2.24) is 0 Å². The molecule has 0 nitrogen and oxygen atoms in total. The average Bonchev–Trinajstić information content (AvgIpc) is 2.88. The fourth-order valence-corrected chi connectivity index (χ4v) is 1.71. The average molecular weight is 376 g/mol. The van der Waals surface area contributed by atoms with E-state index in [1.807, 2.05) is 0 Å². The van der Waals surface area contributed by atoms with E-state index in [2.05, 4.69) is 64.1 Å². The van der Waals surface area contributed by atoms with Crippen LogP contribution in [0.3, 0.4) is 0 Å². The van der Waals surface area contributed by atoms with Gasteiger partial charge in [0.2, 0.25) is 0 Å². The van der Waals surface area contributed by atoms with Gasteiger partial charge in [-0.15, -0.1) is 0 Å². The van der Waals surface area contributed by atoms with E-state index in [0.29, 0.717) is 0 Å². The Hall–Kier alpha value is 0.163. The van der Waals surface area contributed by atoms with Gasteiger partial charge in [0.25, 0.3) is 0 Å². The van der Waals surface area contributed by atoms with Crippen molar-refractivity contribution in [2.24, 2.45) is 0 Å². The molecule has 0 spiro atoms. The van der Waals surface area contributed by atoms with E-state index in [9.17, 15) is 0 Å². The fraction of sp³-hybridized carbons (Fsp3) is 0.375. The zero-order valence-corrected chi connectivity index (χ0v) is 16.1. The monoisotopic (exact) mass is 374 g/mol. The Bertz CT molecular complexity index is 381. The molecule has 0 atom stereocenters. The van der Waals surface area contributed by atoms with Gasteiger partial charge in [-0.3, -0.25) is 0 Å². The topological polar surface area (TPSA) is 0 Å². The summed E-state index contributed by atoms with van der Waals surface area (Å²) < 4.78 is 0. The standard InChI is InChI=1S/C9H13.C7H9.2ClH.Zr/c1-3-8-5-6-9(4-2)7-8;1-6-3-4-7(2)5-6;;;/h5-7H,3-4H2,1-2H3;3-5H,1-2H3;2*1H;/q2*-1;;;+4/p-2. The Morgan fingerprint density at radius 1 is 1.00 bits per heavy atom. The van der Waals surface area contributed by atoms with Gasteiger partial charge in [0, 0.05) is 0 Å². The summed E-state index contributed by atoms with van der Waals surface area (Å²) in [6.45, 7) is 8.59.